The number of hydrogen-bond donors (Lipinski definition) is 1. The Kier molecular flexibility index (Phi) is 3.89. The van der Waals surface area contributed by atoms with E-state index < -0.39 is 0 Å². The van der Waals surface area contributed by atoms with Crippen molar-refractivity contribution in [1.82, 2.24) is 10.3 Å². The summed E-state index contributed by atoms with van der Waals surface area (Å²) in [5, 5.41) is 3.37. The zero-order chi connectivity index (χ0) is 10.6. The van der Waals surface area contributed by atoms with Crippen LogP contribution >= 0.6 is 0 Å². The topological polar surface area (TPSA) is 28.2 Å². The van der Waals surface area contributed by atoms with E-state index in [2.05, 4.69) is 35.1 Å². The van der Waals surface area contributed by atoms with E-state index in [-0.39, 0.29) is 0 Å². The molecule has 0 bridgehead atoms. The lowest BCUT2D eigenvalue weighted by Gasteiger charge is -2.13. The smallest absolute Gasteiger partial charge is 0.0550 e. The van der Waals surface area contributed by atoms with Crippen LogP contribution in [0.25, 0.3) is 0 Å². The van der Waals surface area contributed by atoms with E-state index >= 15 is 0 Å². The fraction of sp³-hybridized carbons (Fsp3) is 0.545. The van der Waals surface area contributed by atoms with Crippen LogP contribution in [-0.4, -0.2) is 25.1 Å². The SMILES string of the molecule is CC(C)NCc1cncc(N(C)C)c1. The first kappa shape index (κ1) is 11.0. The van der Waals surface area contributed by atoms with Gasteiger partial charge in [-0.05, 0) is 11.6 Å². The minimum Gasteiger partial charge on any atom is -0.376 e. The molecule has 1 aromatic heterocycles. The molecular weight excluding hydrogens is 174 g/mol. The molecule has 0 aliphatic carbocycles. The van der Waals surface area contributed by atoms with E-state index in [4.69, 9.17) is 0 Å². The average Bonchev–Trinajstić information content (AvgIpc) is 2.15. The third kappa shape index (κ3) is 3.34. The molecule has 0 saturated heterocycles. The first-order chi connectivity index (χ1) is 6.59. The van der Waals surface area contributed by atoms with Crippen LogP contribution in [0.4, 0.5) is 5.69 Å². The summed E-state index contributed by atoms with van der Waals surface area (Å²) < 4.78 is 0. The number of nitrogens with one attached hydrogen (secondary N) is 1. The van der Waals surface area contributed by atoms with Gasteiger partial charge in [0.2, 0.25) is 0 Å². The summed E-state index contributed by atoms with van der Waals surface area (Å²) in [6.07, 6.45) is 3.78. The van der Waals surface area contributed by atoms with Gasteiger partial charge >= 0.3 is 0 Å². The molecule has 0 aliphatic heterocycles. The third-order valence-corrected chi connectivity index (χ3v) is 2.01. The summed E-state index contributed by atoms with van der Waals surface area (Å²) in [6.45, 7) is 5.17. The molecule has 1 heterocycles. The quantitative estimate of drug-likeness (QED) is 0.788. The van der Waals surface area contributed by atoms with Crippen molar-refractivity contribution in [2.24, 2.45) is 0 Å². The molecule has 0 aliphatic rings. The molecule has 1 aromatic rings. The normalized spacial score (nSPS) is 10.6. The van der Waals surface area contributed by atoms with Crippen molar-refractivity contribution in [3.63, 3.8) is 0 Å². The maximum Gasteiger partial charge on any atom is 0.0550 e. The molecule has 0 spiro atoms. The van der Waals surface area contributed by atoms with Crippen molar-refractivity contribution in [3.8, 4) is 0 Å². The van der Waals surface area contributed by atoms with Crippen LogP contribution in [0.5, 0.6) is 0 Å². The van der Waals surface area contributed by atoms with Crippen LogP contribution in [0, 0.1) is 0 Å². The van der Waals surface area contributed by atoms with Crippen LogP contribution in [0.15, 0.2) is 18.5 Å². The highest BCUT2D eigenvalue weighted by Crippen LogP contribution is 2.10. The molecule has 0 radical (unpaired) electrons. The highest BCUT2D eigenvalue weighted by Gasteiger charge is 1.99. The van der Waals surface area contributed by atoms with Crippen LogP contribution in [0.3, 0.4) is 0 Å². The summed E-state index contributed by atoms with van der Waals surface area (Å²) in [5.74, 6) is 0. The van der Waals surface area contributed by atoms with Gasteiger partial charge in [0.15, 0.2) is 0 Å². The summed E-state index contributed by atoms with van der Waals surface area (Å²) in [6, 6.07) is 2.67. The molecule has 1 N–H and O–H groups in total. The maximum atomic E-state index is 4.20. The predicted octanol–water partition coefficient (Wildman–Crippen LogP) is 1.65. The molecule has 1 rings (SSSR count). The molecular formula is C11H19N3. The standard InChI is InChI=1S/C11H19N3/c1-9(2)13-7-10-5-11(14(3)4)8-12-6-10/h5-6,8-9,13H,7H2,1-4H3. The van der Waals surface area contributed by atoms with Crippen LogP contribution < -0.4 is 10.2 Å². The summed E-state index contributed by atoms with van der Waals surface area (Å²) in [4.78, 5) is 6.26. The van der Waals surface area contributed by atoms with E-state index in [0.717, 1.165) is 12.2 Å². The van der Waals surface area contributed by atoms with Crippen molar-refractivity contribution >= 4 is 5.69 Å². The maximum absolute atomic E-state index is 4.20. The van der Waals surface area contributed by atoms with E-state index in [9.17, 15) is 0 Å². The second-order valence-corrected chi connectivity index (χ2v) is 3.98. The number of anilines is 1. The van der Waals surface area contributed by atoms with Crippen LogP contribution in [0.2, 0.25) is 0 Å². The summed E-state index contributed by atoms with van der Waals surface area (Å²) >= 11 is 0. The van der Waals surface area contributed by atoms with Crippen molar-refractivity contribution in [2.45, 2.75) is 26.4 Å². The van der Waals surface area contributed by atoms with Crippen molar-refractivity contribution in [3.05, 3.63) is 24.0 Å². The lowest BCUT2D eigenvalue weighted by atomic mass is 10.2. The monoisotopic (exact) mass is 193 g/mol. The fourth-order valence-electron chi connectivity index (χ4n) is 1.14. The molecule has 78 valence electrons. The molecule has 0 fully saturated rings. The minimum atomic E-state index is 0.512. The molecule has 0 saturated carbocycles. The van der Waals surface area contributed by atoms with E-state index in [0.29, 0.717) is 6.04 Å². The van der Waals surface area contributed by atoms with Gasteiger partial charge in [-0.2, -0.15) is 0 Å². The van der Waals surface area contributed by atoms with Crippen LogP contribution in [0.1, 0.15) is 19.4 Å². The van der Waals surface area contributed by atoms with E-state index in [1.165, 1.54) is 5.56 Å². The zero-order valence-corrected chi connectivity index (χ0v) is 9.41. The van der Waals surface area contributed by atoms with Gasteiger partial charge in [-0.3, -0.25) is 4.98 Å². The number of nitrogens with zero attached hydrogens (tertiary/aromatic N) is 2. The van der Waals surface area contributed by atoms with Gasteiger partial charge in [0, 0.05) is 32.9 Å². The van der Waals surface area contributed by atoms with E-state index in [1.807, 2.05) is 26.5 Å². The molecule has 3 nitrogen and oxygen atoms in total. The lowest BCUT2D eigenvalue weighted by Crippen LogP contribution is -2.22. The Hall–Kier alpha value is -1.09. The van der Waals surface area contributed by atoms with Gasteiger partial charge < -0.3 is 10.2 Å². The van der Waals surface area contributed by atoms with Gasteiger partial charge in [-0.1, -0.05) is 13.8 Å². The minimum absolute atomic E-state index is 0.512. The Morgan fingerprint density at radius 2 is 2.07 bits per heavy atom. The molecule has 0 aromatic carbocycles. The van der Waals surface area contributed by atoms with Gasteiger partial charge in [0.05, 0.1) is 11.9 Å². The largest absolute Gasteiger partial charge is 0.376 e. The van der Waals surface area contributed by atoms with Gasteiger partial charge in [-0.25, -0.2) is 0 Å². The Balaban J connectivity index is 2.64. The molecule has 0 unspecified atom stereocenters. The first-order valence-electron chi connectivity index (χ1n) is 4.94. The Morgan fingerprint density at radius 1 is 1.36 bits per heavy atom. The average molecular weight is 193 g/mol. The second-order valence-electron chi connectivity index (χ2n) is 3.98. The Bertz CT molecular complexity index is 282. The highest BCUT2D eigenvalue weighted by molar-refractivity contribution is 5.44. The molecule has 14 heavy (non-hydrogen) atoms. The fourth-order valence-corrected chi connectivity index (χ4v) is 1.14. The molecule has 0 amide bonds. The Labute approximate surface area is 86.2 Å². The number of aromatic nitrogens is 1. The second kappa shape index (κ2) is 4.96. The number of pyridine rings is 1. The molecule has 0 atom stereocenters. The van der Waals surface area contributed by atoms with Gasteiger partial charge in [0.25, 0.3) is 0 Å². The van der Waals surface area contributed by atoms with Gasteiger partial charge in [-0.15, -0.1) is 0 Å². The zero-order valence-electron chi connectivity index (χ0n) is 9.41. The third-order valence-electron chi connectivity index (χ3n) is 2.01. The van der Waals surface area contributed by atoms with Gasteiger partial charge in [0.1, 0.15) is 0 Å². The summed E-state index contributed by atoms with van der Waals surface area (Å²) in [5.41, 5.74) is 2.37. The number of hydrogen-bond acceptors (Lipinski definition) is 3. The highest BCUT2D eigenvalue weighted by atomic mass is 15.1. The number of rotatable bonds is 4. The van der Waals surface area contributed by atoms with E-state index in [1.54, 1.807) is 0 Å². The van der Waals surface area contributed by atoms with Crippen molar-refractivity contribution in [2.75, 3.05) is 19.0 Å². The summed E-state index contributed by atoms with van der Waals surface area (Å²) in [7, 11) is 4.05. The van der Waals surface area contributed by atoms with Crippen LogP contribution in [-0.2, 0) is 6.54 Å². The Morgan fingerprint density at radius 3 is 2.64 bits per heavy atom. The van der Waals surface area contributed by atoms with Crippen molar-refractivity contribution in [1.29, 1.82) is 0 Å². The lowest BCUT2D eigenvalue weighted by molar-refractivity contribution is 0.588. The first-order valence-corrected chi connectivity index (χ1v) is 4.94. The van der Waals surface area contributed by atoms with Crippen molar-refractivity contribution < 1.29 is 0 Å². The predicted molar refractivity (Wildman–Crippen MR) is 60.5 cm³/mol. The molecule has 3 heteroatoms.